The lowest BCUT2D eigenvalue weighted by Gasteiger charge is -2.14. The number of carbonyl (C=O) groups is 1. The van der Waals surface area contributed by atoms with Gasteiger partial charge >= 0.3 is 0 Å². The van der Waals surface area contributed by atoms with E-state index < -0.39 is 0 Å². The van der Waals surface area contributed by atoms with E-state index in [1.807, 2.05) is 12.3 Å². The van der Waals surface area contributed by atoms with E-state index in [1.54, 1.807) is 18.3 Å². The molecule has 4 heteroatoms. The molecule has 0 bridgehead atoms. The Morgan fingerprint density at radius 1 is 1.64 bits per heavy atom. The van der Waals surface area contributed by atoms with E-state index >= 15 is 0 Å². The molecule has 14 heavy (non-hydrogen) atoms. The number of carbonyl (C=O) groups excluding carboxylic acids is 1. The highest BCUT2D eigenvalue weighted by Gasteiger charge is 2.11. The van der Waals surface area contributed by atoms with Gasteiger partial charge in [0, 0.05) is 6.04 Å². The van der Waals surface area contributed by atoms with Crippen LogP contribution in [0, 0.1) is 0 Å². The van der Waals surface area contributed by atoms with Gasteiger partial charge in [0.05, 0.1) is 5.25 Å². The molecule has 1 N–H and O–H groups in total. The summed E-state index contributed by atoms with van der Waals surface area (Å²) in [5.74, 6) is -0.00365. The van der Waals surface area contributed by atoms with Crippen molar-refractivity contribution in [3.8, 4) is 0 Å². The first kappa shape index (κ1) is 11.6. The van der Waals surface area contributed by atoms with Gasteiger partial charge in [-0.25, -0.2) is 0 Å². The minimum Gasteiger partial charge on any atom is -0.352 e. The Morgan fingerprint density at radius 3 is 2.86 bits per heavy atom. The van der Waals surface area contributed by atoms with Crippen LogP contribution in [-0.4, -0.2) is 17.2 Å². The predicted molar refractivity (Wildman–Crippen MR) is 64.1 cm³/mol. The molecule has 1 aromatic heterocycles. The van der Waals surface area contributed by atoms with Crippen molar-refractivity contribution in [2.24, 2.45) is 0 Å². The Hall–Kier alpha value is -0.480. The van der Waals surface area contributed by atoms with Gasteiger partial charge in [-0.15, -0.1) is 0 Å². The fraction of sp³-hybridized carbons (Fsp3) is 0.500. The first-order valence-electron chi connectivity index (χ1n) is 4.59. The highest BCUT2D eigenvalue weighted by atomic mass is 32.1. The zero-order valence-electron chi connectivity index (χ0n) is 8.36. The molecule has 2 atom stereocenters. The Kier molecular flexibility index (Phi) is 4.48. The summed E-state index contributed by atoms with van der Waals surface area (Å²) in [7, 11) is 0. The van der Waals surface area contributed by atoms with Crippen molar-refractivity contribution >= 4 is 29.9 Å². The summed E-state index contributed by atoms with van der Waals surface area (Å²) in [5.41, 5.74) is 1.27. The number of hydrogen-bond acceptors (Lipinski definition) is 3. The Balaban J connectivity index is 2.36. The molecule has 0 aliphatic carbocycles. The minimum atomic E-state index is -0.236. The van der Waals surface area contributed by atoms with Gasteiger partial charge < -0.3 is 5.32 Å². The average molecular weight is 229 g/mol. The summed E-state index contributed by atoms with van der Waals surface area (Å²) in [6.07, 6.45) is 0.885. The lowest BCUT2D eigenvalue weighted by Crippen LogP contribution is -2.37. The van der Waals surface area contributed by atoms with Gasteiger partial charge in [-0.2, -0.15) is 24.0 Å². The second kappa shape index (κ2) is 5.41. The molecule has 1 heterocycles. The number of thiophene rings is 1. The number of amides is 1. The molecule has 2 nitrogen and oxygen atoms in total. The van der Waals surface area contributed by atoms with E-state index in [1.165, 1.54) is 5.56 Å². The Labute approximate surface area is 94.1 Å². The SMILES string of the molecule is CC(Cc1ccsc1)NC(=O)C(C)S. The third-order valence-electron chi connectivity index (χ3n) is 1.89. The first-order chi connectivity index (χ1) is 6.59. The van der Waals surface area contributed by atoms with Crippen LogP contribution in [0.2, 0.25) is 0 Å². The van der Waals surface area contributed by atoms with Gasteiger partial charge in [-0.1, -0.05) is 0 Å². The van der Waals surface area contributed by atoms with Crippen molar-refractivity contribution < 1.29 is 4.79 Å². The summed E-state index contributed by atoms with van der Waals surface area (Å²) in [4.78, 5) is 11.3. The highest BCUT2D eigenvalue weighted by molar-refractivity contribution is 7.81. The molecular formula is C10H15NOS2. The molecule has 2 unspecified atom stereocenters. The second-order valence-corrected chi connectivity index (χ2v) is 4.98. The fourth-order valence-electron chi connectivity index (χ4n) is 1.18. The molecule has 0 radical (unpaired) electrons. The molecule has 0 saturated heterocycles. The molecule has 0 aliphatic heterocycles. The maximum absolute atomic E-state index is 11.3. The van der Waals surface area contributed by atoms with Gasteiger partial charge in [0.1, 0.15) is 0 Å². The molecule has 1 rings (SSSR count). The summed E-state index contributed by atoms with van der Waals surface area (Å²) in [5, 5.41) is 6.82. The van der Waals surface area contributed by atoms with Crippen LogP contribution in [0.4, 0.5) is 0 Å². The third kappa shape index (κ3) is 3.72. The van der Waals surface area contributed by atoms with Gasteiger partial charge in [0.15, 0.2) is 0 Å². The van der Waals surface area contributed by atoms with Crippen LogP contribution in [0.5, 0.6) is 0 Å². The summed E-state index contributed by atoms with van der Waals surface area (Å²) in [6, 6.07) is 2.25. The highest BCUT2D eigenvalue weighted by Crippen LogP contribution is 2.08. The first-order valence-corrected chi connectivity index (χ1v) is 6.05. The van der Waals surface area contributed by atoms with Gasteiger partial charge in [-0.05, 0) is 42.7 Å². The fourth-order valence-corrected chi connectivity index (χ4v) is 1.93. The van der Waals surface area contributed by atoms with Crippen molar-refractivity contribution in [1.29, 1.82) is 0 Å². The molecule has 1 amide bonds. The zero-order valence-corrected chi connectivity index (χ0v) is 10.1. The zero-order chi connectivity index (χ0) is 10.6. The molecule has 0 aromatic carbocycles. The minimum absolute atomic E-state index is 0.00365. The van der Waals surface area contributed by atoms with E-state index in [0.29, 0.717) is 0 Å². The van der Waals surface area contributed by atoms with E-state index in [4.69, 9.17) is 0 Å². The van der Waals surface area contributed by atoms with Gasteiger partial charge in [-0.3, -0.25) is 4.79 Å². The van der Waals surface area contributed by atoms with E-state index in [9.17, 15) is 4.79 Å². The van der Waals surface area contributed by atoms with E-state index in [2.05, 4.69) is 29.4 Å². The largest absolute Gasteiger partial charge is 0.352 e. The third-order valence-corrected chi connectivity index (χ3v) is 2.86. The summed E-state index contributed by atoms with van der Waals surface area (Å²) >= 11 is 5.75. The van der Waals surface area contributed by atoms with Crippen molar-refractivity contribution in [3.05, 3.63) is 22.4 Å². The normalized spacial score (nSPS) is 14.8. The van der Waals surface area contributed by atoms with Crippen molar-refractivity contribution in [2.75, 3.05) is 0 Å². The Morgan fingerprint density at radius 2 is 2.36 bits per heavy atom. The Bertz CT molecular complexity index is 282. The summed E-state index contributed by atoms with van der Waals surface area (Å²) < 4.78 is 0. The number of nitrogens with one attached hydrogen (secondary N) is 1. The number of thiol groups is 1. The lowest BCUT2D eigenvalue weighted by molar-refractivity contribution is -0.120. The number of rotatable bonds is 4. The van der Waals surface area contributed by atoms with Gasteiger partial charge in [0.25, 0.3) is 0 Å². The molecule has 0 aliphatic rings. The monoisotopic (exact) mass is 229 g/mol. The summed E-state index contributed by atoms with van der Waals surface area (Å²) in [6.45, 7) is 3.78. The predicted octanol–water partition coefficient (Wildman–Crippen LogP) is 2.11. The van der Waals surface area contributed by atoms with Crippen LogP contribution in [0.3, 0.4) is 0 Å². The molecule has 1 aromatic rings. The molecule has 0 saturated carbocycles. The molecule has 78 valence electrons. The van der Waals surface area contributed by atoms with Crippen molar-refractivity contribution in [2.45, 2.75) is 31.6 Å². The van der Waals surface area contributed by atoms with Crippen LogP contribution in [0.15, 0.2) is 16.8 Å². The van der Waals surface area contributed by atoms with Crippen molar-refractivity contribution in [3.63, 3.8) is 0 Å². The van der Waals surface area contributed by atoms with E-state index in [-0.39, 0.29) is 17.2 Å². The van der Waals surface area contributed by atoms with Gasteiger partial charge in [0.2, 0.25) is 5.91 Å². The van der Waals surface area contributed by atoms with Crippen LogP contribution >= 0.6 is 24.0 Å². The van der Waals surface area contributed by atoms with Crippen LogP contribution in [0.25, 0.3) is 0 Å². The van der Waals surface area contributed by atoms with Crippen LogP contribution < -0.4 is 5.32 Å². The maximum Gasteiger partial charge on any atom is 0.232 e. The van der Waals surface area contributed by atoms with E-state index in [0.717, 1.165) is 6.42 Å². The lowest BCUT2D eigenvalue weighted by atomic mass is 10.1. The second-order valence-electron chi connectivity index (χ2n) is 3.42. The smallest absolute Gasteiger partial charge is 0.232 e. The number of hydrogen-bond donors (Lipinski definition) is 2. The van der Waals surface area contributed by atoms with Crippen LogP contribution in [-0.2, 0) is 11.2 Å². The maximum atomic E-state index is 11.3. The standard InChI is InChI=1S/C10H15NOS2/c1-7(11-10(12)8(2)13)5-9-3-4-14-6-9/h3-4,6-8,13H,5H2,1-2H3,(H,11,12). The van der Waals surface area contributed by atoms with Crippen molar-refractivity contribution in [1.82, 2.24) is 5.32 Å². The average Bonchev–Trinajstić information content (AvgIpc) is 2.56. The molecule has 0 fully saturated rings. The molecule has 0 spiro atoms. The topological polar surface area (TPSA) is 29.1 Å². The quantitative estimate of drug-likeness (QED) is 0.761. The van der Waals surface area contributed by atoms with Crippen LogP contribution in [0.1, 0.15) is 19.4 Å². The molecular weight excluding hydrogens is 214 g/mol.